The number of amides is 2. The van der Waals surface area contributed by atoms with Crippen LogP contribution in [0.3, 0.4) is 0 Å². The van der Waals surface area contributed by atoms with Crippen molar-refractivity contribution < 1.29 is 18.7 Å². The van der Waals surface area contributed by atoms with E-state index in [1.165, 1.54) is 6.07 Å². The molecule has 1 aromatic carbocycles. The van der Waals surface area contributed by atoms with Gasteiger partial charge in [0.15, 0.2) is 5.82 Å². The van der Waals surface area contributed by atoms with Crippen molar-refractivity contribution in [3.05, 3.63) is 47.3 Å². The minimum absolute atomic E-state index is 0.178. The van der Waals surface area contributed by atoms with E-state index in [4.69, 9.17) is 11.6 Å². The lowest BCUT2D eigenvalue weighted by Crippen LogP contribution is -2.31. The second-order valence-corrected chi connectivity index (χ2v) is 4.90. The lowest BCUT2D eigenvalue weighted by atomic mass is 10.2. The molecule has 122 valence electrons. The first kappa shape index (κ1) is 16.8. The number of hydrogen-bond acceptors (Lipinski definition) is 4. The van der Waals surface area contributed by atoms with Crippen LogP contribution >= 0.6 is 11.6 Å². The van der Waals surface area contributed by atoms with Gasteiger partial charge in [0.25, 0.3) is 0 Å². The summed E-state index contributed by atoms with van der Waals surface area (Å²) in [5.74, 6) is -1.78. The Morgan fingerprint density at radius 1 is 1.43 bits per heavy atom. The molecule has 9 heteroatoms. The third-order valence-corrected chi connectivity index (χ3v) is 3.18. The number of carbonyl (C=O) groups excluding carboxylic acids is 2. The lowest BCUT2D eigenvalue weighted by molar-refractivity contribution is 0.0595. The van der Waals surface area contributed by atoms with Gasteiger partial charge in [-0.3, -0.25) is 0 Å². The molecule has 0 aliphatic rings. The molecule has 1 aromatic heterocycles. The monoisotopic (exact) mass is 340 g/mol. The highest BCUT2D eigenvalue weighted by molar-refractivity contribution is 6.31. The highest BCUT2D eigenvalue weighted by atomic mass is 35.5. The molecule has 0 unspecified atom stereocenters. The van der Waals surface area contributed by atoms with Crippen molar-refractivity contribution in [1.29, 1.82) is 0 Å². The fourth-order valence-electron chi connectivity index (χ4n) is 1.81. The Morgan fingerprint density at radius 2 is 2.22 bits per heavy atom. The van der Waals surface area contributed by atoms with E-state index in [0.29, 0.717) is 13.1 Å². The number of carbonyl (C=O) groups is 2. The van der Waals surface area contributed by atoms with Crippen LogP contribution in [0.1, 0.15) is 10.4 Å². The van der Waals surface area contributed by atoms with Gasteiger partial charge in [0, 0.05) is 31.2 Å². The number of imidazole rings is 1. The van der Waals surface area contributed by atoms with Crippen LogP contribution in [0.4, 0.5) is 14.9 Å². The zero-order chi connectivity index (χ0) is 16.8. The summed E-state index contributed by atoms with van der Waals surface area (Å²) in [4.78, 5) is 27.1. The first-order valence-electron chi connectivity index (χ1n) is 6.59. The van der Waals surface area contributed by atoms with E-state index in [1.54, 1.807) is 23.3 Å². The molecule has 7 nitrogen and oxygen atoms in total. The molecule has 0 fully saturated rings. The summed E-state index contributed by atoms with van der Waals surface area (Å²) in [5.41, 5.74) is -0.175. The number of nitrogens with zero attached hydrogens (tertiary/aromatic N) is 2. The van der Waals surface area contributed by atoms with Gasteiger partial charge in [-0.1, -0.05) is 11.6 Å². The molecule has 2 amide bonds. The van der Waals surface area contributed by atoms with E-state index in [0.717, 1.165) is 13.2 Å². The Morgan fingerprint density at radius 3 is 2.87 bits per heavy atom. The third kappa shape index (κ3) is 4.43. The molecule has 0 aliphatic heterocycles. The minimum atomic E-state index is -0.899. The molecule has 1 heterocycles. The fourth-order valence-corrected chi connectivity index (χ4v) is 2.03. The number of esters is 1. The maximum absolute atomic E-state index is 13.7. The first-order valence-corrected chi connectivity index (χ1v) is 6.97. The molecule has 0 bridgehead atoms. The average Bonchev–Trinajstić information content (AvgIpc) is 3.03. The topological polar surface area (TPSA) is 85.2 Å². The zero-order valence-corrected chi connectivity index (χ0v) is 12.9. The molecule has 0 spiro atoms. The Labute approximate surface area is 136 Å². The van der Waals surface area contributed by atoms with Crippen LogP contribution in [-0.4, -0.2) is 35.2 Å². The highest BCUT2D eigenvalue weighted by Crippen LogP contribution is 2.24. The van der Waals surface area contributed by atoms with Crippen LogP contribution in [0.25, 0.3) is 0 Å². The highest BCUT2D eigenvalue weighted by Gasteiger charge is 2.17. The van der Waals surface area contributed by atoms with E-state index in [-0.39, 0.29) is 16.3 Å². The molecule has 0 radical (unpaired) electrons. The molecule has 0 saturated carbocycles. The van der Waals surface area contributed by atoms with Crippen molar-refractivity contribution >= 4 is 29.3 Å². The van der Waals surface area contributed by atoms with Gasteiger partial charge in [0.1, 0.15) is 0 Å². The average molecular weight is 341 g/mol. The Balaban J connectivity index is 1.97. The number of nitrogens with one attached hydrogen (secondary N) is 2. The van der Waals surface area contributed by atoms with Crippen molar-refractivity contribution in [2.75, 3.05) is 19.0 Å². The third-order valence-electron chi connectivity index (χ3n) is 2.91. The molecule has 0 aliphatic carbocycles. The summed E-state index contributed by atoms with van der Waals surface area (Å²) in [5, 5.41) is 4.80. The maximum Gasteiger partial charge on any atom is 0.340 e. The molecule has 23 heavy (non-hydrogen) atoms. The molecule has 2 rings (SSSR count). The van der Waals surface area contributed by atoms with E-state index < -0.39 is 17.8 Å². The number of urea groups is 1. The number of halogens is 2. The van der Waals surface area contributed by atoms with Gasteiger partial charge < -0.3 is 19.9 Å². The van der Waals surface area contributed by atoms with E-state index in [2.05, 4.69) is 20.4 Å². The number of aromatic nitrogens is 2. The summed E-state index contributed by atoms with van der Waals surface area (Å²) in [6.07, 6.45) is 5.03. The Bertz CT molecular complexity index is 706. The van der Waals surface area contributed by atoms with Crippen molar-refractivity contribution in [1.82, 2.24) is 14.9 Å². The minimum Gasteiger partial charge on any atom is -0.465 e. The van der Waals surface area contributed by atoms with Crippen LogP contribution in [0, 0.1) is 5.82 Å². The van der Waals surface area contributed by atoms with Gasteiger partial charge >= 0.3 is 12.0 Å². The second kappa shape index (κ2) is 7.59. The number of benzene rings is 1. The fraction of sp³-hybridized carbons (Fsp3) is 0.214. The second-order valence-electron chi connectivity index (χ2n) is 4.49. The molecular weight excluding hydrogens is 327 g/mol. The van der Waals surface area contributed by atoms with Crippen molar-refractivity contribution in [2.24, 2.45) is 0 Å². The van der Waals surface area contributed by atoms with Gasteiger partial charge in [0.2, 0.25) is 0 Å². The van der Waals surface area contributed by atoms with Crippen LogP contribution in [-0.2, 0) is 11.3 Å². The van der Waals surface area contributed by atoms with Crippen LogP contribution < -0.4 is 10.6 Å². The Kier molecular flexibility index (Phi) is 5.53. The number of ether oxygens (including phenoxy) is 1. The number of hydrogen-bond donors (Lipinski definition) is 2. The molecule has 2 N–H and O–H groups in total. The number of methoxy groups -OCH3 is 1. The van der Waals surface area contributed by atoms with E-state index in [9.17, 15) is 14.0 Å². The van der Waals surface area contributed by atoms with Crippen molar-refractivity contribution in [3.63, 3.8) is 0 Å². The zero-order valence-electron chi connectivity index (χ0n) is 12.2. The number of rotatable bonds is 5. The lowest BCUT2D eigenvalue weighted by Gasteiger charge is -2.10. The van der Waals surface area contributed by atoms with Gasteiger partial charge in [-0.05, 0) is 12.1 Å². The number of anilines is 1. The summed E-state index contributed by atoms with van der Waals surface area (Å²) in [7, 11) is 1.12. The van der Waals surface area contributed by atoms with Gasteiger partial charge in [0.05, 0.1) is 24.0 Å². The normalized spacial score (nSPS) is 10.2. The smallest absolute Gasteiger partial charge is 0.340 e. The van der Waals surface area contributed by atoms with Crippen molar-refractivity contribution in [3.8, 4) is 0 Å². The van der Waals surface area contributed by atoms with Crippen molar-refractivity contribution in [2.45, 2.75) is 6.54 Å². The summed E-state index contributed by atoms with van der Waals surface area (Å²) >= 11 is 5.71. The first-order chi connectivity index (χ1) is 11.0. The van der Waals surface area contributed by atoms with E-state index >= 15 is 0 Å². The SMILES string of the molecule is COC(=O)c1cc(NC(=O)NCCn2ccnc2)cc(Cl)c1F. The van der Waals surface area contributed by atoms with Gasteiger partial charge in [-0.15, -0.1) is 0 Å². The molecular formula is C14H14ClFN4O3. The molecule has 0 saturated heterocycles. The van der Waals surface area contributed by atoms with E-state index in [1.807, 2.05) is 0 Å². The molecule has 0 atom stereocenters. The predicted octanol–water partition coefficient (Wildman–Crippen LogP) is 2.28. The van der Waals surface area contributed by atoms with Gasteiger partial charge in [-0.25, -0.2) is 19.0 Å². The predicted molar refractivity (Wildman–Crippen MR) is 82.0 cm³/mol. The van der Waals surface area contributed by atoms with Crippen LogP contribution in [0.5, 0.6) is 0 Å². The van der Waals surface area contributed by atoms with Gasteiger partial charge in [-0.2, -0.15) is 0 Å². The molecule has 2 aromatic rings. The van der Waals surface area contributed by atoms with Crippen LogP contribution in [0.2, 0.25) is 5.02 Å². The Hall–Kier alpha value is -2.61. The quantitative estimate of drug-likeness (QED) is 0.818. The standard InChI is InChI=1S/C14H14ClFN4O3/c1-23-13(21)10-6-9(7-11(15)12(10)16)19-14(22)18-3-5-20-4-2-17-8-20/h2,4,6-8H,3,5H2,1H3,(H2,18,19,22). The summed E-state index contributed by atoms with van der Waals surface area (Å²) < 4.78 is 20.0. The van der Waals surface area contributed by atoms with Crippen LogP contribution in [0.15, 0.2) is 30.9 Å². The summed E-state index contributed by atoms with van der Waals surface area (Å²) in [6, 6.07) is 1.85. The maximum atomic E-state index is 13.7. The summed E-state index contributed by atoms with van der Waals surface area (Å²) in [6.45, 7) is 0.909. The largest absolute Gasteiger partial charge is 0.465 e.